The molecule has 2 aromatic rings. The number of rotatable bonds is 6. The summed E-state index contributed by atoms with van der Waals surface area (Å²) >= 11 is 0. The number of hydrogen-bond acceptors (Lipinski definition) is 6. The lowest BCUT2D eigenvalue weighted by atomic mass is 10.0. The van der Waals surface area contributed by atoms with Crippen LogP contribution in [0.15, 0.2) is 24.7 Å². The van der Waals surface area contributed by atoms with Crippen LogP contribution in [0.2, 0.25) is 0 Å². The molecule has 7 nitrogen and oxygen atoms in total. The normalized spacial score (nSPS) is 13.1. The standard InChI is InChI=1S/C19H23N3O4/c1-24-16-6-4-13(18(25-2)19(16)26-3)5-7-17(23)22-9-8-15-14(11-22)10-20-12-21-15/h4,6,10,12H,5,7-9,11H2,1-3H3. The average Bonchev–Trinajstić information content (AvgIpc) is 2.70. The van der Waals surface area contributed by atoms with Gasteiger partial charge in [0, 0.05) is 37.7 Å². The number of ether oxygens (including phenoxy) is 3. The zero-order valence-corrected chi connectivity index (χ0v) is 15.3. The second-order valence-corrected chi connectivity index (χ2v) is 6.05. The minimum Gasteiger partial charge on any atom is -0.493 e. The van der Waals surface area contributed by atoms with E-state index >= 15 is 0 Å². The van der Waals surface area contributed by atoms with Crippen molar-refractivity contribution in [2.45, 2.75) is 25.8 Å². The van der Waals surface area contributed by atoms with Crippen molar-refractivity contribution in [3.05, 3.63) is 41.5 Å². The molecule has 0 atom stereocenters. The molecule has 1 amide bonds. The third-order valence-corrected chi connectivity index (χ3v) is 4.61. The van der Waals surface area contributed by atoms with Gasteiger partial charge in [-0.05, 0) is 18.1 Å². The molecule has 0 N–H and O–H groups in total. The van der Waals surface area contributed by atoms with E-state index in [-0.39, 0.29) is 5.91 Å². The highest BCUT2D eigenvalue weighted by atomic mass is 16.5. The Kier molecular flexibility index (Phi) is 5.55. The molecule has 1 aromatic carbocycles. The number of fused-ring (bicyclic) bond motifs is 1. The number of aromatic nitrogens is 2. The fourth-order valence-corrected chi connectivity index (χ4v) is 3.24. The van der Waals surface area contributed by atoms with Crippen LogP contribution in [0.4, 0.5) is 0 Å². The smallest absolute Gasteiger partial charge is 0.223 e. The molecule has 0 spiro atoms. The van der Waals surface area contributed by atoms with E-state index in [1.54, 1.807) is 33.9 Å². The van der Waals surface area contributed by atoms with Crippen LogP contribution >= 0.6 is 0 Å². The monoisotopic (exact) mass is 357 g/mol. The van der Waals surface area contributed by atoms with Gasteiger partial charge in [0.25, 0.3) is 0 Å². The number of carbonyl (C=O) groups excluding carboxylic acids is 1. The van der Waals surface area contributed by atoms with E-state index in [0.717, 1.165) is 23.2 Å². The van der Waals surface area contributed by atoms with E-state index in [9.17, 15) is 4.79 Å². The van der Waals surface area contributed by atoms with Crippen LogP contribution in [0.5, 0.6) is 17.2 Å². The average molecular weight is 357 g/mol. The highest BCUT2D eigenvalue weighted by molar-refractivity contribution is 5.77. The Hall–Kier alpha value is -2.83. The summed E-state index contributed by atoms with van der Waals surface area (Å²) in [5, 5.41) is 0. The number of benzene rings is 1. The van der Waals surface area contributed by atoms with Gasteiger partial charge in [-0.15, -0.1) is 0 Å². The first-order valence-electron chi connectivity index (χ1n) is 8.51. The third kappa shape index (κ3) is 3.56. The summed E-state index contributed by atoms with van der Waals surface area (Å²) in [4.78, 5) is 22.8. The molecule has 0 aliphatic carbocycles. The van der Waals surface area contributed by atoms with Crippen LogP contribution < -0.4 is 14.2 Å². The van der Waals surface area contributed by atoms with Crippen molar-refractivity contribution in [2.24, 2.45) is 0 Å². The van der Waals surface area contributed by atoms with Gasteiger partial charge < -0.3 is 19.1 Å². The summed E-state index contributed by atoms with van der Waals surface area (Å²) in [7, 11) is 4.74. The van der Waals surface area contributed by atoms with Crippen LogP contribution in [-0.4, -0.2) is 48.6 Å². The third-order valence-electron chi connectivity index (χ3n) is 4.61. The van der Waals surface area contributed by atoms with Crippen LogP contribution in [0.1, 0.15) is 23.2 Å². The SMILES string of the molecule is COc1ccc(CCC(=O)N2CCc3ncncc3C2)c(OC)c1OC. The fourth-order valence-electron chi connectivity index (χ4n) is 3.24. The second kappa shape index (κ2) is 8.03. The minimum absolute atomic E-state index is 0.108. The van der Waals surface area contributed by atoms with E-state index in [1.807, 2.05) is 17.0 Å². The van der Waals surface area contributed by atoms with Gasteiger partial charge in [-0.2, -0.15) is 0 Å². The van der Waals surface area contributed by atoms with Gasteiger partial charge in [-0.3, -0.25) is 4.79 Å². The van der Waals surface area contributed by atoms with Gasteiger partial charge in [0.2, 0.25) is 11.7 Å². The molecule has 26 heavy (non-hydrogen) atoms. The van der Waals surface area contributed by atoms with Crippen molar-refractivity contribution >= 4 is 5.91 Å². The topological polar surface area (TPSA) is 73.8 Å². The Bertz CT molecular complexity index is 794. The lowest BCUT2D eigenvalue weighted by Crippen LogP contribution is -2.36. The summed E-state index contributed by atoms with van der Waals surface area (Å²) in [5.41, 5.74) is 2.97. The molecule has 0 saturated heterocycles. The maximum atomic E-state index is 12.6. The molecular weight excluding hydrogens is 334 g/mol. The van der Waals surface area contributed by atoms with Gasteiger partial charge in [0.05, 0.1) is 27.0 Å². The summed E-state index contributed by atoms with van der Waals surface area (Å²) in [5.74, 6) is 1.87. The van der Waals surface area contributed by atoms with Crippen molar-refractivity contribution in [1.29, 1.82) is 0 Å². The Morgan fingerprint density at radius 1 is 1.15 bits per heavy atom. The Morgan fingerprint density at radius 2 is 1.96 bits per heavy atom. The summed E-state index contributed by atoms with van der Waals surface area (Å²) in [6.45, 7) is 1.25. The second-order valence-electron chi connectivity index (χ2n) is 6.05. The molecule has 2 heterocycles. The molecule has 138 valence electrons. The van der Waals surface area contributed by atoms with Gasteiger partial charge in [0.15, 0.2) is 11.5 Å². The maximum Gasteiger partial charge on any atom is 0.223 e. The van der Waals surface area contributed by atoms with Gasteiger partial charge >= 0.3 is 0 Å². The first-order valence-corrected chi connectivity index (χ1v) is 8.51. The highest BCUT2D eigenvalue weighted by Crippen LogP contribution is 2.40. The summed E-state index contributed by atoms with van der Waals surface area (Å²) in [6.07, 6.45) is 5.08. The van der Waals surface area contributed by atoms with E-state index in [1.165, 1.54) is 0 Å². The molecule has 3 rings (SSSR count). The van der Waals surface area contributed by atoms with Crippen LogP contribution in [0, 0.1) is 0 Å². The number of amides is 1. The molecule has 0 saturated carbocycles. The number of methoxy groups -OCH3 is 3. The zero-order chi connectivity index (χ0) is 18.5. The van der Waals surface area contributed by atoms with Gasteiger partial charge in [0.1, 0.15) is 6.33 Å². The molecule has 0 fully saturated rings. The molecule has 0 unspecified atom stereocenters. The molecule has 0 radical (unpaired) electrons. The molecule has 0 bridgehead atoms. The van der Waals surface area contributed by atoms with E-state index in [2.05, 4.69) is 9.97 Å². The maximum absolute atomic E-state index is 12.6. The number of nitrogens with zero attached hydrogens (tertiary/aromatic N) is 3. The van der Waals surface area contributed by atoms with Crippen LogP contribution in [-0.2, 0) is 24.2 Å². The first-order chi connectivity index (χ1) is 12.7. The lowest BCUT2D eigenvalue weighted by molar-refractivity contribution is -0.132. The molecule has 7 heteroatoms. The summed E-state index contributed by atoms with van der Waals surface area (Å²) in [6, 6.07) is 3.74. The first kappa shape index (κ1) is 18.0. The minimum atomic E-state index is 0.108. The fraction of sp³-hybridized carbons (Fsp3) is 0.421. The molecule has 1 aromatic heterocycles. The van der Waals surface area contributed by atoms with E-state index in [4.69, 9.17) is 14.2 Å². The summed E-state index contributed by atoms with van der Waals surface area (Å²) < 4.78 is 16.2. The largest absolute Gasteiger partial charge is 0.493 e. The lowest BCUT2D eigenvalue weighted by Gasteiger charge is -2.28. The van der Waals surface area contributed by atoms with Gasteiger partial charge in [-0.1, -0.05) is 6.07 Å². The number of hydrogen-bond donors (Lipinski definition) is 0. The van der Waals surface area contributed by atoms with Crippen molar-refractivity contribution in [3.63, 3.8) is 0 Å². The van der Waals surface area contributed by atoms with Crippen molar-refractivity contribution in [3.8, 4) is 17.2 Å². The highest BCUT2D eigenvalue weighted by Gasteiger charge is 2.22. The zero-order valence-electron chi connectivity index (χ0n) is 15.3. The quantitative estimate of drug-likeness (QED) is 0.787. The predicted molar refractivity (Wildman–Crippen MR) is 95.6 cm³/mol. The van der Waals surface area contributed by atoms with Crippen molar-refractivity contribution in [2.75, 3.05) is 27.9 Å². The van der Waals surface area contributed by atoms with Crippen molar-refractivity contribution in [1.82, 2.24) is 14.9 Å². The number of carbonyl (C=O) groups is 1. The van der Waals surface area contributed by atoms with Crippen LogP contribution in [0.25, 0.3) is 0 Å². The Balaban J connectivity index is 1.69. The van der Waals surface area contributed by atoms with E-state index in [0.29, 0.717) is 43.2 Å². The van der Waals surface area contributed by atoms with Gasteiger partial charge in [-0.25, -0.2) is 9.97 Å². The van der Waals surface area contributed by atoms with E-state index < -0.39 is 0 Å². The Labute approximate surface area is 152 Å². The predicted octanol–water partition coefficient (Wildman–Crippen LogP) is 2.02. The Morgan fingerprint density at radius 3 is 2.69 bits per heavy atom. The molecule has 1 aliphatic rings. The van der Waals surface area contributed by atoms with Crippen molar-refractivity contribution < 1.29 is 19.0 Å². The molecular formula is C19H23N3O4. The van der Waals surface area contributed by atoms with Crippen LogP contribution in [0.3, 0.4) is 0 Å². The molecule has 1 aliphatic heterocycles. The number of aryl methyl sites for hydroxylation is 1.